The summed E-state index contributed by atoms with van der Waals surface area (Å²) in [6, 6.07) is 11.7. The first kappa shape index (κ1) is 24.5. The lowest BCUT2D eigenvalue weighted by Gasteiger charge is -2.31. The van der Waals surface area contributed by atoms with Crippen molar-refractivity contribution in [3.63, 3.8) is 0 Å². The second kappa shape index (κ2) is 12.2. The molecular weight excluding hydrogens is 443 g/mol. The fraction of sp³-hybridized carbons (Fsp3) is 0.391. The molecule has 4 nitrogen and oxygen atoms in total. The van der Waals surface area contributed by atoms with Gasteiger partial charge < -0.3 is 10.2 Å². The number of nitrogens with one attached hydrogen (secondary N) is 1. The highest BCUT2D eigenvalue weighted by Gasteiger charge is 2.29. The number of rotatable bonds is 10. The molecule has 0 aliphatic carbocycles. The maximum Gasteiger partial charge on any atom is 0.242 e. The quantitative estimate of drug-likeness (QED) is 0.440. The van der Waals surface area contributed by atoms with Crippen molar-refractivity contribution in [2.75, 3.05) is 6.54 Å². The van der Waals surface area contributed by atoms with Gasteiger partial charge in [-0.05, 0) is 42.7 Å². The third-order valence-electron chi connectivity index (χ3n) is 4.87. The highest BCUT2D eigenvalue weighted by atomic mass is 35.5. The minimum atomic E-state index is -0.617. The molecule has 0 aliphatic heterocycles. The van der Waals surface area contributed by atoms with Crippen LogP contribution in [-0.2, 0) is 22.6 Å². The maximum atomic E-state index is 13.3. The molecular formula is C23H27Cl3N2O2. The highest BCUT2D eigenvalue weighted by molar-refractivity contribution is 6.36. The number of hydrogen-bond acceptors (Lipinski definition) is 2. The van der Waals surface area contributed by atoms with E-state index in [9.17, 15) is 9.59 Å². The van der Waals surface area contributed by atoms with E-state index < -0.39 is 6.04 Å². The molecule has 0 fully saturated rings. The minimum Gasteiger partial charge on any atom is -0.354 e. The van der Waals surface area contributed by atoms with Crippen LogP contribution in [0, 0.1) is 0 Å². The Morgan fingerprint density at radius 2 is 1.63 bits per heavy atom. The summed E-state index contributed by atoms with van der Waals surface area (Å²) in [6.07, 6.45) is 2.49. The normalized spacial score (nSPS) is 11.8. The molecule has 2 rings (SSSR count). The Kier molecular flexibility index (Phi) is 9.96. The zero-order valence-corrected chi connectivity index (χ0v) is 19.5. The fourth-order valence-corrected chi connectivity index (χ4v) is 3.80. The monoisotopic (exact) mass is 468 g/mol. The molecule has 1 atom stereocenters. The Hall–Kier alpha value is -1.75. The van der Waals surface area contributed by atoms with E-state index >= 15 is 0 Å². The molecule has 0 radical (unpaired) electrons. The lowest BCUT2D eigenvalue weighted by molar-refractivity contribution is -0.140. The van der Waals surface area contributed by atoms with Crippen molar-refractivity contribution in [3.05, 3.63) is 68.7 Å². The minimum absolute atomic E-state index is 0.151. The molecule has 162 valence electrons. The second-order valence-corrected chi connectivity index (χ2v) is 8.34. The number of hydrogen-bond donors (Lipinski definition) is 1. The number of nitrogens with zero attached hydrogens (tertiary/aromatic N) is 1. The Balaban J connectivity index is 2.30. The molecule has 0 spiro atoms. The smallest absolute Gasteiger partial charge is 0.242 e. The van der Waals surface area contributed by atoms with Gasteiger partial charge in [0.2, 0.25) is 11.8 Å². The highest BCUT2D eigenvalue weighted by Crippen LogP contribution is 2.27. The van der Waals surface area contributed by atoms with Crippen LogP contribution in [0.25, 0.3) is 0 Å². The van der Waals surface area contributed by atoms with Crippen molar-refractivity contribution < 1.29 is 9.59 Å². The average molecular weight is 470 g/mol. The van der Waals surface area contributed by atoms with Crippen molar-refractivity contribution >= 4 is 46.6 Å². The zero-order valence-electron chi connectivity index (χ0n) is 17.3. The van der Waals surface area contributed by atoms with Gasteiger partial charge in [-0.2, -0.15) is 0 Å². The van der Waals surface area contributed by atoms with Crippen LogP contribution in [-0.4, -0.2) is 29.3 Å². The Morgan fingerprint density at radius 1 is 1.00 bits per heavy atom. The summed E-state index contributed by atoms with van der Waals surface area (Å²) in [5, 5.41) is 4.48. The summed E-state index contributed by atoms with van der Waals surface area (Å²) < 4.78 is 0. The Labute approximate surface area is 193 Å². The van der Waals surface area contributed by atoms with Crippen LogP contribution in [0.4, 0.5) is 0 Å². The molecule has 1 N–H and O–H groups in total. The standard InChI is InChI=1S/C23H27Cl3N2O2/c1-3-5-13-27-23(30)21(4-2)28(15-18-19(25)7-6-8-20(18)26)22(29)14-16-9-11-17(24)12-10-16/h6-12,21H,3-5,13-15H2,1-2H3,(H,27,30)/t21-/m1/s1. The molecule has 0 heterocycles. The third kappa shape index (κ3) is 6.90. The maximum absolute atomic E-state index is 13.3. The van der Waals surface area contributed by atoms with Gasteiger partial charge in [-0.3, -0.25) is 9.59 Å². The van der Waals surface area contributed by atoms with Crippen molar-refractivity contribution in [3.8, 4) is 0 Å². The van der Waals surface area contributed by atoms with E-state index in [1.807, 2.05) is 19.1 Å². The predicted molar refractivity (Wildman–Crippen MR) is 124 cm³/mol. The molecule has 2 aromatic rings. The topological polar surface area (TPSA) is 49.4 Å². The molecule has 0 aromatic heterocycles. The summed E-state index contributed by atoms with van der Waals surface area (Å²) in [4.78, 5) is 27.7. The van der Waals surface area contributed by atoms with E-state index in [0.717, 1.165) is 18.4 Å². The van der Waals surface area contributed by atoms with Gasteiger partial charge >= 0.3 is 0 Å². The van der Waals surface area contributed by atoms with Crippen LogP contribution in [0.3, 0.4) is 0 Å². The summed E-state index contributed by atoms with van der Waals surface area (Å²) >= 11 is 18.6. The second-order valence-electron chi connectivity index (χ2n) is 7.09. The Bertz CT molecular complexity index is 836. The first-order chi connectivity index (χ1) is 14.4. The number of halogens is 3. The van der Waals surface area contributed by atoms with Crippen molar-refractivity contribution in [1.82, 2.24) is 10.2 Å². The summed E-state index contributed by atoms with van der Waals surface area (Å²) in [6.45, 7) is 4.69. The molecule has 2 amide bonds. The first-order valence-corrected chi connectivity index (χ1v) is 11.2. The van der Waals surface area contributed by atoms with E-state index in [1.165, 1.54) is 0 Å². The van der Waals surface area contributed by atoms with Crippen LogP contribution in [0.5, 0.6) is 0 Å². The molecule has 7 heteroatoms. The number of unbranched alkanes of at least 4 members (excludes halogenated alkanes) is 1. The van der Waals surface area contributed by atoms with E-state index in [-0.39, 0.29) is 24.8 Å². The number of amides is 2. The average Bonchev–Trinajstić information content (AvgIpc) is 2.71. The summed E-state index contributed by atoms with van der Waals surface area (Å²) in [7, 11) is 0. The molecule has 0 bridgehead atoms. The summed E-state index contributed by atoms with van der Waals surface area (Å²) in [5.41, 5.74) is 1.45. The van der Waals surface area contributed by atoms with E-state index in [1.54, 1.807) is 35.2 Å². The largest absolute Gasteiger partial charge is 0.354 e. The van der Waals surface area contributed by atoms with Gasteiger partial charge in [-0.25, -0.2) is 0 Å². The van der Waals surface area contributed by atoms with Gasteiger partial charge in [0.15, 0.2) is 0 Å². The van der Waals surface area contributed by atoms with E-state index in [4.69, 9.17) is 34.8 Å². The lowest BCUT2D eigenvalue weighted by atomic mass is 10.1. The third-order valence-corrected chi connectivity index (χ3v) is 5.83. The first-order valence-electron chi connectivity index (χ1n) is 10.1. The van der Waals surface area contributed by atoms with E-state index in [0.29, 0.717) is 33.6 Å². The molecule has 0 unspecified atom stereocenters. The molecule has 0 saturated heterocycles. The van der Waals surface area contributed by atoms with E-state index in [2.05, 4.69) is 12.2 Å². The fourth-order valence-electron chi connectivity index (χ4n) is 3.16. The van der Waals surface area contributed by atoms with Crippen LogP contribution in [0.15, 0.2) is 42.5 Å². The lowest BCUT2D eigenvalue weighted by Crippen LogP contribution is -2.49. The van der Waals surface area contributed by atoms with Crippen LogP contribution >= 0.6 is 34.8 Å². The number of carbonyl (C=O) groups excluding carboxylic acids is 2. The summed E-state index contributed by atoms with van der Waals surface area (Å²) in [5.74, 6) is -0.343. The van der Waals surface area contributed by atoms with Gasteiger partial charge in [0.25, 0.3) is 0 Å². The number of benzene rings is 2. The van der Waals surface area contributed by atoms with Crippen LogP contribution in [0.2, 0.25) is 15.1 Å². The van der Waals surface area contributed by atoms with Gasteiger partial charge in [0.05, 0.1) is 6.42 Å². The van der Waals surface area contributed by atoms with Crippen molar-refractivity contribution in [2.24, 2.45) is 0 Å². The van der Waals surface area contributed by atoms with Crippen LogP contribution in [0.1, 0.15) is 44.2 Å². The van der Waals surface area contributed by atoms with Gasteiger partial charge in [0.1, 0.15) is 6.04 Å². The number of carbonyl (C=O) groups is 2. The predicted octanol–water partition coefficient (Wildman–Crippen LogP) is 5.91. The zero-order chi connectivity index (χ0) is 22.1. The van der Waals surface area contributed by atoms with Crippen LogP contribution < -0.4 is 5.32 Å². The Morgan fingerprint density at radius 3 is 2.20 bits per heavy atom. The van der Waals surface area contributed by atoms with Crippen molar-refractivity contribution in [1.29, 1.82) is 0 Å². The SMILES string of the molecule is CCCCNC(=O)[C@@H](CC)N(Cc1c(Cl)cccc1Cl)C(=O)Cc1ccc(Cl)cc1. The molecule has 2 aromatic carbocycles. The molecule has 30 heavy (non-hydrogen) atoms. The van der Waals surface area contributed by atoms with Gasteiger partial charge in [0, 0.05) is 33.7 Å². The van der Waals surface area contributed by atoms with Gasteiger partial charge in [-0.15, -0.1) is 0 Å². The van der Waals surface area contributed by atoms with Gasteiger partial charge in [-0.1, -0.05) is 73.3 Å². The molecule has 0 saturated carbocycles. The molecule has 0 aliphatic rings. The van der Waals surface area contributed by atoms with Crippen molar-refractivity contribution in [2.45, 2.75) is 52.1 Å².